The lowest BCUT2D eigenvalue weighted by atomic mass is 9.88. The number of para-hydroxylation sites is 2. The molecule has 7 heteroatoms. The minimum absolute atomic E-state index is 0.126. The van der Waals surface area contributed by atoms with E-state index >= 15 is 0 Å². The quantitative estimate of drug-likeness (QED) is 0.118. The highest BCUT2D eigenvalue weighted by molar-refractivity contribution is 6.32. The molecule has 0 aliphatic rings. The van der Waals surface area contributed by atoms with Crippen LogP contribution >= 0.6 is 11.6 Å². The molecule has 0 radical (unpaired) electrons. The van der Waals surface area contributed by atoms with E-state index in [4.69, 9.17) is 39.4 Å². The number of fused-ring (bicyclic) bond motifs is 7. The summed E-state index contributed by atoms with van der Waals surface area (Å²) in [5.41, 5.74) is 5.67. The summed E-state index contributed by atoms with van der Waals surface area (Å²) in [7, 11) is 0. The Kier molecular flexibility index (Phi) is 6.84. The first-order valence-electron chi connectivity index (χ1n) is 26.0. The maximum Gasteiger partial charge on any atom is 0.269 e. The number of benzene rings is 8. The summed E-state index contributed by atoms with van der Waals surface area (Å²) in [6.07, 6.45) is 5.32. The molecule has 0 fully saturated rings. The Morgan fingerprint density at radius 2 is 1.37 bits per heavy atom. The second kappa shape index (κ2) is 15.1. The normalized spacial score (nSPS) is 14.2. The van der Waals surface area contributed by atoms with Gasteiger partial charge in [-0.05, 0) is 112 Å². The first-order chi connectivity index (χ1) is 35.9. The lowest BCUT2D eigenvalue weighted by molar-refractivity contribution is -0.571. The Hall–Kier alpha value is -7.93. The standard InChI is InChI=1S/C58H41ClN4O2/c1-58(2,3)39-28-29-60-56(30-39)63-50-27-24-40(59)31-48(50)46-26-25-43(33-51(46)63)64-42-19-12-18-41(32-42)61-36-62(52-34-49-47-20-10-11-23-54(47)65-55(49)35-53(52)61)57-44(37-14-6-4-7-15-37)21-13-22-45(57)38-16-8-5-9-17-38/h4-35H,1-3H3/i4D,5D,6D,7D,8D,9D,14D,15D,16D,17D. The fraction of sp³-hybridized carbons (Fsp3) is 0.0690. The van der Waals surface area contributed by atoms with Crippen molar-refractivity contribution in [3.63, 3.8) is 0 Å². The van der Waals surface area contributed by atoms with Crippen LogP contribution in [0.2, 0.25) is 5.02 Å². The van der Waals surface area contributed by atoms with Gasteiger partial charge in [0.05, 0.1) is 47.1 Å². The molecule has 4 heterocycles. The van der Waals surface area contributed by atoms with Crippen LogP contribution in [0.15, 0.2) is 198 Å². The Morgan fingerprint density at radius 3 is 2.14 bits per heavy atom. The SMILES string of the molecule is [2H]c1c([2H])c([2H])c(-c2cccc(-c3c([2H])c([2H])c([2H])c([2H])c3[2H])c2-[n+]2[c-]n(-c3cccc(Oc4ccc5c6cc(Cl)ccc6n(-c6cc(C(C)(C)C)ccn6)c5c4)c3)c3cc4oc5ccccc5c4cc32)c([2H])c1[2H]. The molecule has 0 N–H and O–H groups in total. The maximum atomic E-state index is 9.16. The predicted molar refractivity (Wildman–Crippen MR) is 264 cm³/mol. The van der Waals surface area contributed by atoms with E-state index in [-0.39, 0.29) is 33.4 Å². The highest BCUT2D eigenvalue weighted by Crippen LogP contribution is 2.40. The summed E-state index contributed by atoms with van der Waals surface area (Å²) >= 11 is 6.58. The molecule has 0 atom stereocenters. The van der Waals surface area contributed by atoms with Gasteiger partial charge in [0.15, 0.2) is 0 Å². The molecule has 0 aliphatic heterocycles. The van der Waals surface area contributed by atoms with Gasteiger partial charge >= 0.3 is 0 Å². The average Bonchev–Trinajstić information content (AvgIpc) is 4.12. The number of hydrogen-bond donors (Lipinski definition) is 0. The van der Waals surface area contributed by atoms with E-state index in [1.54, 1.807) is 27.3 Å². The van der Waals surface area contributed by atoms with Crippen LogP contribution in [0, 0.1) is 6.33 Å². The van der Waals surface area contributed by atoms with E-state index in [1.807, 2.05) is 109 Å². The fourth-order valence-electron chi connectivity index (χ4n) is 8.75. The van der Waals surface area contributed by atoms with Gasteiger partial charge in [-0.25, -0.2) is 4.98 Å². The van der Waals surface area contributed by atoms with Gasteiger partial charge < -0.3 is 9.15 Å². The Bertz CT molecular complexity index is 4280. The van der Waals surface area contributed by atoms with E-state index in [9.17, 15) is 0 Å². The van der Waals surface area contributed by atoms with Gasteiger partial charge in [0.2, 0.25) is 0 Å². The van der Waals surface area contributed by atoms with Crippen LogP contribution in [0.25, 0.3) is 94.2 Å². The van der Waals surface area contributed by atoms with Gasteiger partial charge in [0.1, 0.15) is 28.5 Å². The summed E-state index contributed by atoms with van der Waals surface area (Å²) in [5, 5.41) is 4.06. The zero-order valence-electron chi connectivity index (χ0n) is 45.2. The number of rotatable bonds is 7. The van der Waals surface area contributed by atoms with Gasteiger partial charge in [-0.2, -0.15) is 0 Å². The van der Waals surface area contributed by atoms with Gasteiger partial charge in [0, 0.05) is 38.8 Å². The molecule has 12 rings (SSSR count). The first-order valence-corrected chi connectivity index (χ1v) is 21.4. The van der Waals surface area contributed by atoms with Gasteiger partial charge in [-0.15, -0.1) is 0 Å². The van der Waals surface area contributed by atoms with Crippen molar-refractivity contribution in [3.05, 3.63) is 211 Å². The lowest BCUT2D eigenvalue weighted by Gasteiger charge is -2.20. The molecule has 0 bridgehead atoms. The van der Waals surface area contributed by atoms with Crippen molar-refractivity contribution in [3.8, 4) is 50.9 Å². The molecule has 0 spiro atoms. The molecule has 312 valence electrons. The molecule has 0 unspecified atom stereocenters. The number of hydrogen-bond acceptors (Lipinski definition) is 3. The van der Waals surface area contributed by atoms with E-state index in [0.717, 1.165) is 44.0 Å². The van der Waals surface area contributed by atoms with Crippen molar-refractivity contribution < 1.29 is 27.4 Å². The highest BCUT2D eigenvalue weighted by atomic mass is 35.5. The molecule has 4 aromatic heterocycles. The van der Waals surface area contributed by atoms with Crippen molar-refractivity contribution in [1.82, 2.24) is 14.1 Å². The van der Waals surface area contributed by atoms with Crippen LogP contribution in [-0.4, -0.2) is 14.1 Å². The highest BCUT2D eigenvalue weighted by Gasteiger charge is 2.23. The molecular weight excluding hydrogens is 820 g/mol. The molecule has 0 saturated carbocycles. The molecule has 0 aliphatic carbocycles. The summed E-state index contributed by atoms with van der Waals surface area (Å²) < 4.78 is 107. The molecule has 65 heavy (non-hydrogen) atoms. The molecular formula is C58H41ClN4O2. The topological polar surface area (TPSA) is 49.0 Å². The van der Waals surface area contributed by atoms with Crippen molar-refractivity contribution in [2.75, 3.05) is 0 Å². The monoisotopic (exact) mass is 870 g/mol. The lowest BCUT2D eigenvalue weighted by Crippen LogP contribution is -2.31. The van der Waals surface area contributed by atoms with Crippen LogP contribution in [0.1, 0.15) is 40.0 Å². The largest absolute Gasteiger partial charge is 0.458 e. The van der Waals surface area contributed by atoms with Gasteiger partial charge in [-0.3, -0.25) is 13.7 Å². The minimum atomic E-state index is -0.584. The number of ether oxygens (including phenoxy) is 1. The third-order valence-corrected chi connectivity index (χ3v) is 12.0. The first kappa shape index (κ1) is 29.4. The van der Waals surface area contributed by atoms with Crippen molar-refractivity contribution >= 4 is 66.4 Å². The molecule has 0 amide bonds. The summed E-state index contributed by atoms with van der Waals surface area (Å²) in [6.45, 7) is 6.49. The zero-order chi connectivity index (χ0) is 52.5. The van der Waals surface area contributed by atoms with E-state index in [0.29, 0.717) is 44.4 Å². The molecule has 0 saturated heterocycles. The molecule has 6 nitrogen and oxygen atoms in total. The Balaban J connectivity index is 1.09. The number of furan rings is 1. The summed E-state index contributed by atoms with van der Waals surface area (Å²) in [6, 6.07) is 33.9. The summed E-state index contributed by atoms with van der Waals surface area (Å²) in [4.78, 5) is 4.83. The smallest absolute Gasteiger partial charge is 0.269 e. The summed E-state index contributed by atoms with van der Waals surface area (Å²) in [5.74, 6) is 1.75. The van der Waals surface area contributed by atoms with Gasteiger partial charge in [0.25, 0.3) is 6.33 Å². The Morgan fingerprint density at radius 1 is 0.631 bits per heavy atom. The number of nitrogens with zero attached hydrogens (tertiary/aromatic N) is 4. The van der Waals surface area contributed by atoms with Crippen LogP contribution in [0.3, 0.4) is 0 Å². The third kappa shape index (κ3) is 6.64. The van der Waals surface area contributed by atoms with Crippen molar-refractivity contribution in [1.29, 1.82) is 0 Å². The molecule has 8 aromatic carbocycles. The number of halogens is 1. The van der Waals surface area contributed by atoms with E-state index < -0.39 is 60.4 Å². The second-order valence-corrected chi connectivity index (χ2v) is 17.3. The number of aromatic nitrogens is 4. The maximum absolute atomic E-state index is 9.16. The van der Waals surface area contributed by atoms with Crippen LogP contribution < -0.4 is 9.30 Å². The Labute approximate surface area is 394 Å². The predicted octanol–water partition coefficient (Wildman–Crippen LogP) is 15.2. The molecule has 12 aromatic rings. The second-order valence-electron chi connectivity index (χ2n) is 16.8. The number of pyridine rings is 1. The third-order valence-electron chi connectivity index (χ3n) is 11.8. The fourth-order valence-corrected chi connectivity index (χ4v) is 8.92. The van der Waals surface area contributed by atoms with Crippen LogP contribution in [0.5, 0.6) is 11.5 Å². The van der Waals surface area contributed by atoms with Gasteiger partial charge in [-0.1, -0.05) is 135 Å². The average molecular weight is 872 g/mol. The number of imidazole rings is 1. The van der Waals surface area contributed by atoms with E-state index in [1.165, 1.54) is 0 Å². The van der Waals surface area contributed by atoms with Crippen LogP contribution in [-0.2, 0) is 5.41 Å². The van der Waals surface area contributed by atoms with Crippen molar-refractivity contribution in [2.24, 2.45) is 0 Å². The zero-order valence-corrected chi connectivity index (χ0v) is 35.9. The minimum Gasteiger partial charge on any atom is -0.458 e. The van der Waals surface area contributed by atoms with Crippen LogP contribution in [0.4, 0.5) is 0 Å². The van der Waals surface area contributed by atoms with Crippen molar-refractivity contribution in [2.45, 2.75) is 26.2 Å². The van der Waals surface area contributed by atoms with E-state index in [2.05, 4.69) is 37.7 Å².